The largest absolute Gasteiger partial charge is 0.497 e. The Kier molecular flexibility index (Phi) is 5.18. The predicted molar refractivity (Wildman–Crippen MR) is 78.8 cm³/mol. The maximum atomic E-state index is 12.2. The SMILES string of the molecule is COc1ccc(NC(=O)C(C(=O)O)C(C)(C)C)c(OC)c1. The van der Waals surface area contributed by atoms with E-state index >= 15 is 0 Å². The molecule has 1 aromatic rings. The van der Waals surface area contributed by atoms with Gasteiger partial charge in [-0.1, -0.05) is 20.8 Å². The zero-order valence-corrected chi connectivity index (χ0v) is 12.9. The van der Waals surface area contributed by atoms with Gasteiger partial charge in [-0.2, -0.15) is 0 Å². The van der Waals surface area contributed by atoms with Crippen LogP contribution >= 0.6 is 0 Å². The normalized spacial score (nSPS) is 12.4. The van der Waals surface area contributed by atoms with Gasteiger partial charge in [-0.3, -0.25) is 9.59 Å². The first-order valence-corrected chi connectivity index (χ1v) is 6.46. The molecule has 0 bridgehead atoms. The van der Waals surface area contributed by atoms with E-state index in [0.717, 1.165) is 0 Å². The van der Waals surface area contributed by atoms with Crippen molar-refractivity contribution in [3.8, 4) is 11.5 Å². The van der Waals surface area contributed by atoms with Crippen molar-refractivity contribution >= 4 is 17.6 Å². The summed E-state index contributed by atoms with van der Waals surface area (Å²) in [6.45, 7) is 5.11. The Hall–Kier alpha value is -2.24. The number of carboxylic acid groups (broad SMARTS) is 1. The van der Waals surface area contributed by atoms with Crippen molar-refractivity contribution in [2.24, 2.45) is 11.3 Å². The second-order valence-corrected chi connectivity index (χ2v) is 5.69. The molecular weight excluding hydrogens is 274 g/mol. The number of carbonyl (C=O) groups excluding carboxylic acids is 1. The summed E-state index contributed by atoms with van der Waals surface area (Å²) in [6, 6.07) is 4.88. The molecule has 0 aliphatic carbocycles. The lowest BCUT2D eigenvalue weighted by Gasteiger charge is -2.26. The number of methoxy groups -OCH3 is 2. The average molecular weight is 295 g/mol. The fourth-order valence-electron chi connectivity index (χ4n) is 1.98. The Bertz CT molecular complexity index is 533. The molecule has 0 aliphatic rings. The van der Waals surface area contributed by atoms with Gasteiger partial charge in [-0.25, -0.2) is 0 Å². The first-order chi connectivity index (χ1) is 9.70. The highest BCUT2D eigenvalue weighted by Gasteiger charge is 2.38. The summed E-state index contributed by atoms with van der Waals surface area (Å²) in [5, 5.41) is 11.9. The van der Waals surface area contributed by atoms with Crippen LogP contribution in [0, 0.1) is 11.3 Å². The number of benzene rings is 1. The number of rotatable bonds is 5. The van der Waals surface area contributed by atoms with E-state index in [4.69, 9.17) is 9.47 Å². The van der Waals surface area contributed by atoms with E-state index in [1.54, 1.807) is 39.0 Å². The first-order valence-electron chi connectivity index (χ1n) is 6.46. The standard InChI is InChI=1S/C15H21NO5/c1-15(2,3)12(14(18)19)13(17)16-10-7-6-9(20-4)8-11(10)21-5/h6-8,12H,1-5H3,(H,16,17)(H,18,19). The Balaban J connectivity index is 3.04. The molecule has 1 aromatic carbocycles. The second kappa shape index (κ2) is 6.47. The summed E-state index contributed by atoms with van der Waals surface area (Å²) in [5.74, 6) is -1.92. The first kappa shape index (κ1) is 16.8. The molecule has 0 saturated heterocycles. The monoisotopic (exact) mass is 295 g/mol. The summed E-state index contributed by atoms with van der Waals surface area (Å²) in [5.41, 5.74) is -0.297. The molecule has 0 fully saturated rings. The van der Waals surface area contributed by atoms with Gasteiger partial charge in [-0.15, -0.1) is 0 Å². The lowest BCUT2D eigenvalue weighted by atomic mass is 9.80. The van der Waals surface area contributed by atoms with Crippen molar-refractivity contribution < 1.29 is 24.2 Å². The number of carboxylic acids is 1. The molecule has 1 amide bonds. The summed E-state index contributed by atoms with van der Waals surface area (Å²) >= 11 is 0. The minimum Gasteiger partial charge on any atom is -0.497 e. The molecule has 6 heteroatoms. The van der Waals surface area contributed by atoms with Crippen LogP contribution in [0.1, 0.15) is 20.8 Å². The van der Waals surface area contributed by atoms with Crippen LogP contribution in [-0.2, 0) is 9.59 Å². The lowest BCUT2D eigenvalue weighted by molar-refractivity contribution is -0.149. The van der Waals surface area contributed by atoms with Crippen LogP contribution < -0.4 is 14.8 Å². The van der Waals surface area contributed by atoms with E-state index < -0.39 is 23.2 Å². The number of aliphatic carboxylic acids is 1. The summed E-state index contributed by atoms with van der Waals surface area (Å²) < 4.78 is 10.2. The average Bonchev–Trinajstić information content (AvgIpc) is 2.36. The molecule has 0 aromatic heterocycles. The third-order valence-electron chi connectivity index (χ3n) is 3.04. The van der Waals surface area contributed by atoms with Crippen LogP contribution in [0.4, 0.5) is 5.69 Å². The summed E-state index contributed by atoms with van der Waals surface area (Å²) in [7, 11) is 2.98. The van der Waals surface area contributed by atoms with Crippen LogP contribution in [0.3, 0.4) is 0 Å². The number of hydrogen-bond acceptors (Lipinski definition) is 4. The molecule has 0 spiro atoms. The molecule has 1 rings (SSSR count). The van der Waals surface area contributed by atoms with Crippen LogP contribution in [-0.4, -0.2) is 31.2 Å². The van der Waals surface area contributed by atoms with Crippen LogP contribution in [0.25, 0.3) is 0 Å². The van der Waals surface area contributed by atoms with Crippen molar-refractivity contribution in [3.05, 3.63) is 18.2 Å². The highest BCUT2D eigenvalue weighted by Crippen LogP contribution is 2.32. The Morgan fingerprint density at radius 1 is 1.19 bits per heavy atom. The van der Waals surface area contributed by atoms with Gasteiger partial charge in [0.15, 0.2) is 0 Å². The molecule has 0 saturated carbocycles. The molecule has 0 heterocycles. The van der Waals surface area contributed by atoms with Gasteiger partial charge in [0.2, 0.25) is 5.91 Å². The predicted octanol–water partition coefficient (Wildman–Crippen LogP) is 2.39. The van der Waals surface area contributed by atoms with Crippen molar-refractivity contribution in [2.75, 3.05) is 19.5 Å². The van der Waals surface area contributed by atoms with Crippen molar-refractivity contribution in [3.63, 3.8) is 0 Å². The number of ether oxygens (including phenoxy) is 2. The highest BCUT2D eigenvalue weighted by molar-refractivity contribution is 6.05. The maximum Gasteiger partial charge on any atom is 0.316 e. The van der Waals surface area contributed by atoms with Crippen LogP contribution in [0.5, 0.6) is 11.5 Å². The minimum absolute atomic E-state index is 0.402. The Labute approximate surface area is 124 Å². The molecule has 0 aliphatic heterocycles. The molecular formula is C15H21NO5. The lowest BCUT2D eigenvalue weighted by Crippen LogP contribution is -2.39. The van der Waals surface area contributed by atoms with Gasteiger partial charge in [0.1, 0.15) is 17.4 Å². The quantitative estimate of drug-likeness (QED) is 0.815. The van der Waals surface area contributed by atoms with Crippen molar-refractivity contribution in [2.45, 2.75) is 20.8 Å². The molecule has 0 radical (unpaired) electrons. The number of amides is 1. The van der Waals surface area contributed by atoms with E-state index in [0.29, 0.717) is 17.2 Å². The van der Waals surface area contributed by atoms with E-state index in [1.165, 1.54) is 14.2 Å². The van der Waals surface area contributed by atoms with Gasteiger partial charge in [0.05, 0.1) is 19.9 Å². The summed E-state index contributed by atoms with van der Waals surface area (Å²) in [6.07, 6.45) is 0. The van der Waals surface area contributed by atoms with Gasteiger partial charge < -0.3 is 19.9 Å². The molecule has 116 valence electrons. The van der Waals surface area contributed by atoms with Crippen LogP contribution in [0.15, 0.2) is 18.2 Å². The van der Waals surface area contributed by atoms with Gasteiger partial charge in [0.25, 0.3) is 0 Å². The van der Waals surface area contributed by atoms with E-state index in [9.17, 15) is 14.7 Å². The number of nitrogens with one attached hydrogen (secondary N) is 1. The second-order valence-electron chi connectivity index (χ2n) is 5.69. The summed E-state index contributed by atoms with van der Waals surface area (Å²) in [4.78, 5) is 23.6. The molecule has 1 atom stereocenters. The molecule has 6 nitrogen and oxygen atoms in total. The van der Waals surface area contributed by atoms with Crippen molar-refractivity contribution in [1.82, 2.24) is 0 Å². The van der Waals surface area contributed by atoms with Crippen LogP contribution in [0.2, 0.25) is 0 Å². The maximum absolute atomic E-state index is 12.2. The zero-order chi connectivity index (χ0) is 16.2. The molecule has 21 heavy (non-hydrogen) atoms. The fourth-order valence-corrected chi connectivity index (χ4v) is 1.98. The number of carbonyl (C=O) groups is 2. The Morgan fingerprint density at radius 3 is 2.24 bits per heavy atom. The third-order valence-corrected chi connectivity index (χ3v) is 3.04. The number of anilines is 1. The highest BCUT2D eigenvalue weighted by atomic mass is 16.5. The number of hydrogen-bond donors (Lipinski definition) is 2. The minimum atomic E-state index is -1.16. The van der Waals surface area contributed by atoms with Gasteiger partial charge in [0, 0.05) is 6.07 Å². The van der Waals surface area contributed by atoms with E-state index in [1.807, 2.05) is 0 Å². The topological polar surface area (TPSA) is 84.9 Å². The molecule has 2 N–H and O–H groups in total. The van der Waals surface area contributed by atoms with E-state index in [-0.39, 0.29) is 0 Å². The van der Waals surface area contributed by atoms with Gasteiger partial charge in [-0.05, 0) is 17.5 Å². The van der Waals surface area contributed by atoms with E-state index in [2.05, 4.69) is 5.32 Å². The smallest absolute Gasteiger partial charge is 0.316 e. The molecule has 1 unspecified atom stereocenters. The fraction of sp³-hybridized carbons (Fsp3) is 0.467. The Morgan fingerprint density at radius 2 is 1.81 bits per heavy atom. The van der Waals surface area contributed by atoms with Gasteiger partial charge >= 0.3 is 5.97 Å². The van der Waals surface area contributed by atoms with Crippen molar-refractivity contribution in [1.29, 1.82) is 0 Å². The zero-order valence-electron chi connectivity index (χ0n) is 12.9. The third kappa shape index (κ3) is 4.11.